The van der Waals surface area contributed by atoms with Crippen LogP contribution in [0.25, 0.3) is 4.91 Å². The molecule has 0 spiro atoms. The fraction of sp³-hybridized carbons (Fsp3) is 0.500. The maximum absolute atomic E-state index is 12.1. The van der Waals surface area contributed by atoms with E-state index >= 15 is 0 Å². The molecule has 0 N–H and O–H groups in total. The largest absolute Gasteiger partial charge is 0.444 e. The number of likely N-dealkylation sites (tertiary alicyclic amines) is 1. The van der Waals surface area contributed by atoms with E-state index in [1.165, 1.54) is 16.0 Å². The van der Waals surface area contributed by atoms with Gasteiger partial charge in [0.15, 0.2) is 0 Å². The standard InChI is InChI=1S/C18H25NO2S/c1-18(2,3)21-17(20)19-12-10-15(11-13-19)16(22-4)14-8-6-5-7-9-14/h5-9H,10-13H2,1-4H3. The van der Waals surface area contributed by atoms with Crippen LogP contribution in [0.15, 0.2) is 35.9 Å². The van der Waals surface area contributed by atoms with Gasteiger partial charge < -0.3 is 9.64 Å². The van der Waals surface area contributed by atoms with Crippen LogP contribution in [0.2, 0.25) is 0 Å². The third-order valence-electron chi connectivity index (χ3n) is 3.58. The van der Waals surface area contributed by atoms with Crippen molar-refractivity contribution >= 4 is 22.8 Å². The predicted molar refractivity (Wildman–Crippen MR) is 93.9 cm³/mol. The summed E-state index contributed by atoms with van der Waals surface area (Å²) in [5.74, 6) is 0. The molecular weight excluding hydrogens is 294 g/mol. The van der Waals surface area contributed by atoms with Gasteiger partial charge in [-0.2, -0.15) is 0 Å². The lowest BCUT2D eigenvalue weighted by Crippen LogP contribution is -2.40. The minimum absolute atomic E-state index is 0.197. The Hall–Kier alpha value is -1.42. The van der Waals surface area contributed by atoms with Crippen LogP contribution in [0.3, 0.4) is 0 Å². The van der Waals surface area contributed by atoms with Crippen LogP contribution in [-0.2, 0) is 4.74 Å². The van der Waals surface area contributed by atoms with Gasteiger partial charge in [0.1, 0.15) is 5.60 Å². The fourth-order valence-corrected chi connectivity index (χ4v) is 3.43. The van der Waals surface area contributed by atoms with Gasteiger partial charge in [0.25, 0.3) is 0 Å². The maximum atomic E-state index is 12.1. The Morgan fingerprint density at radius 3 is 2.23 bits per heavy atom. The Kier molecular flexibility index (Phi) is 5.57. The van der Waals surface area contributed by atoms with Crippen LogP contribution in [0.5, 0.6) is 0 Å². The van der Waals surface area contributed by atoms with E-state index in [9.17, 15) is 4.79 Å². The van der Waals surface area contributed by atoms with Crippen molar-refractivity contribution in [3.63, 3.8) is 0 Å². The summed E-state index contributed by atoms with van der Waals surface area (Å²) in [6.07, 6.45) is 3.77. The van der Waals surface area contributed by atoms with Gasteiger partial charge in [0.2, 0.25) is 0 Å². The zero-order valence-electron chi connectivity index (χ0n) is 13.9. The molecule has 0 bridgehead atoms. The van der Waals surface area contributed by atoms with Gasteiger partial charge in [-0.15, -0.1) is 11.8 Å². The number of hydrogen-bond donors (Lipinski definition) is 0. The minimum atomic E-state index is -0.429. The zero-order chi connectivity index (χ0) is 16.2. The molecule has 22 heavy (non-hydrogen) atoms. The number of benzene rings is 1. The van der Waals surface area contributed by atoms with Gasteiger partial charge in [-0.3, -0.25) is 0 Å². The highest BCUT2D eigenvalue weighted by molar-refractivity contribution is 8.07. The number of nitrogens with zero attached hydrogens (tertiary/aromatic N) is 1. The maximum Gasteiger partial charge on any atom is 0.410 e. The summed E-state index contributed by atoms with van der Waals surface area (Å²) in [6.45, 7) is 7.19. The Bertz CT molecular complexity index is 536. The van der Waals surface area contributed by atoms with Gasteiger partial charge in [-0.1, -0.05) is 35.9 Å². The molecule has 0 aliphatic carbocycles. The number of rotatable bonds is 2. The number of piperidine rings is 1. The van der Waals surface area contributed by atoms with Crippen LogP contribution in [-0.4, -0.2) is 35.9 Å². The second-order valence-corrected chi connectivity index (χ2v) is 7.29. The van der Waals surface area contributed by atoms with Crippen molar-refractivity contribution in [3.8, 4) is 0 Å². The van der Waals surface area contributed by atoms with E-state index in [0.717, 1.165) is 25.9 Å². The van der Waals surface area contributed by atoms with Crippen molar-refractivity contribution in [3.05, 3.63) is 41.5 Å². The van der Waals surface area contributed by atoms with E-state index < -0.39 is 5.60 Å². The van der Waals surface area contributed by atoms with E-state index in [1.807, 2.05) is 31.7 Å². The Morgan fingerprint density at radius 2 is 1.73 bits per heavy atom. The highest BCUT2D eigenvalue weighted by Gasteiger charge is 2.25. The van der Waals surface area contributed by atoms with Crippen molar-refractivity contribution in [1.29, 1.82) is 0 Å². The van der Waals surface area contributed by atoms with Crippen LogP contribution >= 0.6 is 11.8 Å². The Morgan fingerprint density at radius 1 is 1.14 bits per heavy atom. The lowest BCUT2D eigenvalue weighted by atomic mass is 10.0. The molecule has 0 unspecified atom stereocenters. The molecular formula is C18H25NO2S. The van der Waals surface area contributed by atoms with E-state index in [-0.39, 0.29) is 6.09 Å². The SMILES string of the molecule is CSC(=C1CCN(C(=O)OC(C)(C)C)CC1)c1ccccc1. The molecule has 2 rings (SSSR count). The first-order valence-electron chi connectivity index (χ1n) is 7.70. The summed E-state index contributed by atoms with van der Waals surface area (Å²) in [7, 11) is 0. The van der Waals surface area contributed by atoms with Crippen molar-refractivity contribution in [2.45, 2.75) is 39.2 Å². The monoisotopic (exact) mass is 319 g/mol. The Labute approximate surface area is 137 Å². The number of ether oxygens (including phenoxy) is 1. The second kappa shape index (κ2) is 7.23. The van der Waals surface area contributed by atoms with Gasteiger partial charge in [0.05, 0.1) is 0 Å². The highest BCUT2D eigenvalue weighted by Crippen LogP contribution is 2.34. The molecule has 0 radical (unpaired) electrons. The zero-order valence-corrected chi connectivity index (χ0v) is 14.7. The predicted octanol–water partition coefficient (Wildman–Crippen LogP) is 4.79. The molecule has 1 fully saturated rings. The van der Waals surface area contributed by atoms with Crippen LogP contribution < -0.4 is 0 Å². The first kappa shape index (κ1) is 16.9. The van der Waals surface area contributed by atoms with Crippen molar-refractivity contribution in [1.82, 2.24) is 4.90 Å². The topological polar surface area (TPSA) is 29.5 Å². The van der Waals surface area contributed by atoms with Crippen LogP contribution in [0.4, 0.5) is 4.79 Å². The van der Waals surface area contributed by atoms with E-state index in [2.05, 4.69) is 30.5 Å². The molecule has 1 heterocycles. The van der Waals surface area contributed by atoms with Crippen molar-refractivity contribution < 1.29 is 9.53 Å². The lowest BCUT2D eigenvalue weighted by molar-refractivity contribution is 0.0237. The molecule has 3 nitrogen and oxygen atoms in total. The molecule has 1 aliphatic rings. The third kappa shape index (κ3) is 4.54. The van der Waals surface area contributed by atoms with Gasteiger partial charge in [0, 0.05) is 18.0 Å². The molecule has 0 atom stereocenters. The van der Waals surface area contributed by atoms with Crippen molar-refractivity contribution in [2.75, 3.05) is 19.3 Å². The average Bonchev–Trinajstić information content (AvgIpc) is 2.48. The molecule has 1 aromatic rings. The number of carbonyl (C=O) groups excluding carboxylic acids is 1. The molecule has 1 saturated heterocycles. The average molecular weight is 319 g/mol. The molecule has 0 saturated carbocycles. The number of thioether (sulfide) groups is 1. The second-order valence-electron chi connectivity index (χ2n) is 6.47. The minimum Gasteiger partial charge on any atom is -0.444 e. The quantitative estimate of drug-likeness (QED) is 0.785. The van der Waals surface area contributed by atoms with E-state index in [4.69, 9.17) is 4.74 Å². The summed E-state index contributed by atoms with van der Waals surface area (Å²) in [6, 6.07) is 10.5. The molecule has 1 amide bonds. The lowest BCUT2D eigenvalue weighted by Gasteiger charge is -2.31. The van der Waals surface area contributed by atoms with Gasteiger partial charge >= 0.3 is 6.09 Å². The normalized spacial score (nSPS) is 15.6. The van der Waals surface area contributed by atoms with E-state index in [0.29, 0.717) is 0 Å². The van der Waals surface area contributed by atoms with Crippen molar-refractivity contribution in [2.24, 2.45) is 0 Å². The Balaban J connectivity index is 2.04. The molecule has 1 aliphatic heterocycles. The molecule has 4 heteroatoms. The van der Waals surface area contributed by atoms with Crippen LogP contribution in [0.1, 0.15) is 39.2 Å². The third-order valence-corrected chi connectivity index (χ3v) is 4.51. The summed E-state index contributed by atoms with van der Waals surface area (Å²) in [5, 5.41) is 0. The fourth-order valence-electron chi connectivity index (χ4n) is 2.57. The summed E-state index contributed by atoms with van der Waals surface area (Å²) < 4.78 is 5.45. The number of amides is 1. The van der Waals surface area contributed by atoms with Gasteiger partial charge in [-0.05, 0) is 45.4 Å². The summed E-state index contributed by atoms with van der Waals surface area (Å²) in [4.78, 5) is 15.3. The number of carbonyl (C=O) groups is 1. The molecule has 120 valence electrons. The first-order chi connectivity index (χ1) is 10.4. The summed E-state index contributed by atoms with van der Waals surface area (Å²) >= 11 is 1.79. The molecule has 0 aromatic heterocycles. The molecule has 1 aromatic carbocycles. The number of hydrogen-bond acceptors (Lipinski definition) is 3. The summed E-state index contributed by atoms with van der Waals surface area (Å²) in [5.41, 5.74) is 2.29. The van der Waals surface area contributed by atoms with Crippen LogP contribution in [0, 0.1) is 0 Å². The van der Waals surface area contributed by atoms with Gasteiger partial charge in [-0.25, -0.2) is 4.79 Å². The first-order valence-corrected chi connectivity index (χ1v) is 8.92. The smallest absolute Gasteiger partial charge is 0.410 e. The van der Waals surface area contributed by atoms with E-state index in [1.54, 1.807) is 11.8 Å². The highest BCUT2D eigenvalue weighted by atomic mass is 32.2.